The minimum absolute atomic E-state index is 0. The van der Waals surface area contributed by atoms with E-state index in [2.05, 4.69) is 27.5 Å². The molecule has 0 aliphatic heterocycles. The van der Waals surface area contributed by atoms with E-state index in [0.29, 0.717) is 4.90 Å². The summed E-state index contributed by atoms with van der Waals surface area (Å²) in [6.07, 6.45) is 2.77. The summed E-state index contributed by atoms with van der Waals surface area (Å²) < 4.78 is 13.5. The number of aromatic nitrogens is 1. The highest BCUT2D eigenvalue weighted by Gasteiger charge is 2.03. The number of aliphatic imine (C=N–C) groups is 1. The molecule has 8 heteroatoms. The molecule has 0 spiro atoms. The molecule has 0 fully saturated rings. The van der Waals surface area contributed by atoms with Crippen molar-refractivity contribution in [3.63, 3.8) is 0 Å². The third-order valence-corrected chi connectivity index (χ3v) is 5.04. The van der Waals surface area contributed by atoms with E-state index in [1.54, 1.807) is 30.5 Å². The summed E-state index contributed by atoms with van der Waals surface area (Å²) in [7, 11) is 1.74. The van der Waals surface area contributed by atoms with E-state index in [1.165, 1.54) is 22.7 Å². The van der Waals surface area contributed by atoms with E-state index in [-0.39, 0.29) is 29.8 Å². The summed E-state index contributed by atoms with van der Waals surface area (Å²) in [5.41, 5.74) is 0. The molecule has 0 saturated carbocycles. The van der Waals surface area contributed by atoms with Gasteiger partial charge in [-0.1, -0.05) is 12.1 Å². The van der Waals surface area contributed by atoms with Crippen LogP contribution in [0.5, 0.6) is 0 Å². The first-order valence-electron chi connectivity index (χ1n) is 7.42. The molecule has 132 valence electrons. The smallest absolute Gasteiger partial charge is 0.191 e. The van der Waals surface area contributed by atoms with Gasteiger partial charge in [0.2, 0.25) is 0 Å². The van der Waals surface area contributed by atoms with Crippen LogP contribution in [0.2, 0.25) is 0 Å². The van der Waals surface area contributed by atoms with Gasteiger partial charge in [-0.05, 0) is 19.1 Å². The normalized spacial score (nSPS) is 11.0. The maximum atomic E-state index is 13.5. The third-order valence-electron chi connectivity index (χ3n) is 3.01. The predicted octanol–water partition coefficient (Wildman–Crippen LogP) is 3.71. The topological polar surface area (TPSA) is 49.3 Å². The minimum Gasteiger partial charge on any atom is -0.356 e. The number of nitrogens with zero attached hydrogens (tertiary/aromatic N) is 2. The van der Waals surface area contributed by atoms with Crippen LogP contribution in [0.15, 0.2) is 40.4 Å². The lowest BCUT2D eigenvalue weighted by molar-refractivity contribution is 0.602. The Balaban J connectivity index is 0.00000288. The highest BCUT2D eigenvalue weighted by Crippen LogP contribution is 2.20. The molecule has 4 nitrogen and oxygen atoms in total. The molecule has 2 rings (SSSR count). The minimum atomic E-state index is -0.168. The van der Waals surface area contributed by atoms with E-state index >= 15 is 0 Å². The van der Waals surface area contributed by atoms with Crippen molar-refractivity contribution < 1.29 is 4.39 Å². The van der Waals surface area contributed by atoms with Gasteiger partial charge in [0.1, 0.15) is 5.82 Å². The van der Waals surface area contributed by atoms with E-state index in [0.717, 1.165) is 36.2 Å². The van der Waals surface area contributed by atoms with Gasteiger partial charge in [-0.15, -0.1) is 47.1 Å². The Hall–Kier alpha value is -0.870. The lowest BCUT2D eigenvalue weighted by Crippen LogP contribution is -2.39. The average Bonchev–Trinajstić information content (AvgIpc) is 2.96. The molecule has 0 bridgehead atoms. The predicted molar refractivity (Wildman–Crippen MR) is 112 cm³/mol. The van der Waals surface area contributed by atoms with Crippen molar-refractivity contribution in [2.75, 3.05) is 25.9 Å². The van der Waals surface area contributed by atoms with Crippen LogP contribution in [0.1, 0.15) is 9.88 Å². The Morgan fingerprint density at radius 3 is 2.71 bits per heavy atom. The Bertz CT molecular complexity index is 649. The average molecular weight is 480 g/mol. The molecule has 0 aliphatic rings. The van der Waals surface area contributed by atoms with Crippen molar-refractivity contribution in [2.24, 2.45) is 4.99 Å². The summed E-state index contributed by atoms with van der Waals surface area (Å²) in [5.74, 6) is 1.36. The second kappa shape index (κ2) is 11.6. The van der Waals surface area contributed by atoms with Gasteiger partial charge in [-0.2, -0.15) is 0 Å². The first-order valence-corrected chi connectivity index (χ1v) is 9.22. The largest absolute Gasteiger partial charge is 0.356 e. The van der Waals surface area contributed by atoms with E-state index in [1.807, 2.05) is 12.3 Å². The number of aryl methyl sites for hydroxylation is 1. The monoisotopic (exact) mass is 480 g/mol. The van der Waals surface area contributed by atoms with Gasteiger partial charge >= 0.3 is 0 Å². The second-order valence-corrected chi connectivity index (χ2v) is 7.28. The van der Waals surface area contributed by atoms with Crippen molar-refractivity contribution in [2.45, 2.75) is 18.2 Å². The lowest BCUT2D eigenvalue weighted by atomic mass is 10.3. The fourth-order valence-electron chi connectivity index (χ4n) is 1.92. The van der Waals surface area contributed by atoms with Gasteiger partial charge < -0.3 is 10.6 Å². The Morgan fingerprint density at radius 1 is 1.29 bits per heavy atom. The van der Waals surface area contributed by atoms with Crippen LogP contribution in [-0.4, -0.2) is 36.8 Å². The molecule has 24 heavy (non-hydrogen) atoms. The van der Waals surface area contributed by atoms with Gasteiger partial charge in [0, 0.05) is 48.3 Å². The van der Waals surface area contributed by atoms with Crippen molar-refractivity contribution >= 4 is 53.0 Å². The maximum absolute atomic E-state index is 13.5. The van der Waals surface area contributed by atoms with Gasteiger partial charge in [0.05, 0.1) is 5.01 Å². The van der Waals surface area contributed by atoms with Gasteiger partial charge in [-0.25, -0.2) is 9.37 Å². The standard InChI is InChI=1S/C16H21FN4S2.HI/c1-12-11-21-15(23-12)7-8-19-16(18-2)20-9-10-22-14-6-4-3-5-13(14)17;/h3-6,11H,7-10H2,1-2H3,(H2,18,19,20);1H. The zero-order valence-corrected chi connectivity index (χ0v) is 17.7. The summed E-state index contributed by atoms with van der Waals surface area (Å²) in [4.78, 5) is 10.4. The second-order valence-electron chi connectivity index (χ2n) is 4.82. The van der Waals surface area contributed by atoms with Crippen molar-refractivity contribution in [3.8, 4) is 0 Å². The summed E-state index contributed by atoms with van der Waals surface area (Å²) in [6, 6.07) is 6.83. The molecule has 0 amide bonds. The first-order chi connectivity index (χ1) is 11.2. The number of halogens is 2. The molecule has 2 N–H and O–H groups in total. The van der Waals surface area contributed by atoms with Crippen molar-refractivity contribution in [1.29, 1.82) is 0 Å². The molecule has 0 radical (unpaired) electrons. The van der Waals surface area contributed by atoms with Crippen LogP contribution in [-0.2, 0) is 6.42 Å². The Morgan fingerprint density at radius 2 is 2.04 bits per heavy atom. The fourth-order valence-corrected chi connectivity index (χ4v) is 3.51. The maximum Gasteiger partial charge on any atom is 0.191 e. The Kier molecular flexibility index (Phi) is 10.3. The van der Waals surface area contributed by atoms with E-state index in [9.17, 15) is 4.39 Å². The third kappa shape index (κ3) is 7.35. The van der Waals surface area contributed by atoms with Crippen LogP contribution in [0.4, 0.5) is 4.39 Å². The van der Waals surface area contributed by atoms with Crippen LogP contribution < -0.4 is 10.6 Å². The van der Waals surface area contributed by atoms with Crippen LogP contribution in [0.25, 0.3) is 0 Å². The van der Waals surface area contributed by atoms with E-state index in [4.69, 9.17) is 0 Å². The number of thiazole rings is 1. The molecule has 2 aromatic rings. The molecule has 1 aromatic heterocycles. The highest BCUT2D eigenvalue weighted by atomic mass is 127. The zero-order chi connectivity index (χ0) is 16.5. The number of nitrogens with one attached hydrogen (secondary N) is 2. The molecule has 1 aromatic carbocycles. The number of benzene rings is 1. The zero-order valence-electron chi connectivity index (χ0n) is 13.7. The highest BCUT2D eigenvalue weighted by molar-refractivity contribution is 14.0. The van der Waals surface area contributed by atoms with Gasteiger partial charge in [0.25, 0.3) is 0 Å². The van der Waals surface area contributed by atoms with E-state index < -0.39 is 0 Å². The van der Waals surface area contributed by atoms with Gasteiger partial charge in [-0.3, -0.25) is 4.99 Å². The molecule has 1 heterocycles. The van der Waals surface area contributed by atoms with Crippen LogP contribution in [0, 0.1) is 12.7 Å². The molecule has 0 saturated heterocycles. The lowest BCUT2D eigenvalue weighted by Gasteiger charge is -2.11. The molecular formula is C16H22FIN4S2. The van der Waals surface area contributed by atoms with Crippen molar-refractivity contribution in [1.82, 2.24) is 15.6 Å². The van der Waals surface area contributed by atoms with Gasteiger partial charge in [0.15, 0.2) is 5.96 Å². The Labute approximate surface area is 167 Å². The van der Waals surface area contributed by atoms with Crippen LogP contribution >= 0.6 is 47.1 Å². The molecular weight excluding hydrogens is 458 g/mol. The molecule has 0 aliphatic carbocycles. The number of rotatable bonds is 7. The molecule has 0 unspecified atom stereocenters. The quantitative estimate of drug-likeness (QED) is 0.209. The summed E-state index contributed by atoms with van der Waals surface area (Å²) in [6.45, 7) is 3.56. The number of thioether (sulfide) groups is 1. The van der Waals surface area contributed by atoms with Crippen LogP contribution in [0.3, 0.4) is 0 Å². The first kappa shape index (κ1) is 21.2. The number of guanidine groups is 1. The SMILES string of the molecule is CN=C(NCCSc1ccccc1F)NCCc1ncc(C)s1.I. The summed E-state index contributed by atoms with van der Waals surface area (Å²) in [5, 5.41) is 7.61. The van der Waals surface area contributed by atoms with Crippen molar-refractivity contribution in [3.05, 3.63) is 46.2 Å². The molecule has 0 atom stereocenters. The number of hydrogen-bond acceptors (Lipinski definition) is 4. The fraction of sp³-hybridized carbons (Fsp3) is 0.375. The number of hydrogen-bond donors (Lipinski definition) is 2. The summed E-state index contributed by atoms with van der Waals surface area (Å²) >= 11 is 3.21.